The quantitative estimate of drug-likeness (QED) is 0.785. The molecule has 3 heterocycles. The lowest BCUT2D eigenvalue weighted by atomic mass is 9.93. The van der Waals surface area contributed by atoms with Gasteiger partial charge >= 0.3 is 0 Å². The molecule has 0 unspecified atom stereocenters. The van der Waals surface area contributed by atoms with Crippen LogP contribution in [-0.2, 0) is 11.8 Å². The third-order valence-electron chi connectivity index (χ3n) is 5.24. The van der Waals surface area contributed by atoms with Crippen LogP contribution in [0.4, 0.5) is 0 Å². The molecular formula is C17H24N4O4. The van der Waals surface area contributed by atoms with Crippen molar-refractivity contribution in [2.75, 3.05) is 33.3 Å². The van der Waals surface area contributed by atoms with Crippen LogP contribution in [-0.4, -0.2) is 65.5 Å². The van der Waals surface area contributed by atoms with E-state index in [1.54, 1.807) is 11.9 Å². The number of nitrogens with two attached hydrogens (primary N) is 1. The number of aromatic nitrogens is 1. The second kappa shape index (κ2) is 6.87. The predicted octanol–water partition coefficient (Wildman–Crippen LogP) is -0.584. The van der Waals surface area contributed by atoms with Crippen molar-refractivity contribution in [3.8, 4) is 5.75 Å². The molecule has 2 saturated heterocycles. The molecular weight excluding hydrogens is 324 g/mol. The lowest BCUT2D eigenvalue weighted by Crippen LogP contribution is -2.62. The minimum atomic E-state index is -0.216. The summed E-state index contributed by atoms with van der Waals surface area (Å²) in [6.45, 7) is 2.96. The molecule has 2 aliphatic heterocycles. The smallest absolute Gasteiger partial charge is 0.259 e. The van der Waals surface area contributed by atoms with Crippen LogP contribution in [0.5, 0.6) is 5.75 Å². The molecule has 0 saturated carbocycles. The molecule has 8 nitrogen and oxygen atoms in total. The number of amides is 2. The fourth-order valence-electron chi connectivity index (χ4n) is 3.51. The summed E-state index contributed by atoms with van der Waals surface area (Å²) in [5.41, 5.74) is 5.55. The molecule has 0 spiro atoms. The molecule has 136 valence electrons. The molecule has 0 bridgehead atoms. The summed E-state index contributed by atoms with van der Waals surface area (Å²) in [6, 6.07) is 1.65. The first-order valence-corrected chi connectivity index (χ1v) is 8.48. The van der Waals surface area contributed by atoms with Gasteiger partial charge in [0.05, 0.1) is 12.7 Å². The summed E-state index contributed by atoms with van der Waals surface area (Å²) < 4.78 is 6.56. The van der Waals surface area contributed by atoms with Gasteiger partial charge in [-0.05, 0) is 25.9 Å². The Balaban J connectivity index is 1.60. The van der Waals surface area contributed by atoms with E-state index >= 15 is 0 Å². The first-order chi connectivity index (χ1) is 11.9. The Kier molecular flexibility index (Phi) is 4.80. The Morgan fingerprint density at radius 1 is 1.24 bits per heavy atom. The molecule has 0 aromatic carbocycles. The number of carbonyl (C=O) groups excluding carboxylic acids is 2. The molecule has 0 atom stereocenters. The van der Waals surface area contributed by atoms with Crippen molar-refractivity contribution in [3.05, 3.63) is 28.2 Å². The van der Waals surface area contributed by atoms with Crippen LogP contribution in [0.15, 0.2) is 17.1 Å². The highest BCUT2D eigenvalue weighted by Crippen LogP contribution is 2.26. The van der Waals surface area contributed by atoms with Gasteiger partial charge in [-0.1, -0.05) is 0 Å². The van der Waals surface area contributed by atoms with Crippen molar-refractivity contribution >= 4 is 11.8 Å². The Labute approximate surface area is 146 Å². The van der Waals surface area contributed by atoms with E-state index in [1.807, 2.05) is 0 Å². The number of pyridine rings is 1. The van der Waals surface area contributed by atoms with Crippen LogP contribution in [0.25, 0.3) is 0 Å². The van der Waals surface area contributed by atoms with Crippen LogP contribution in [0.1, 0.15) is 23.2 Å². The van der Waals surface area contributed by atoms with Gasteiger partial charge < -0.3 is 19.9 Å². The summed E-state index contributed by atoms with van der Waals surface area (Å²) in [5.74, 6) is -0.0645. The topological polar surface area (TPSA) is 97.9 Å². The number of hydrogen-bond donors (Lipinski definition) is 1. The lowest BCUT2D eigenvalue weighted by Gasteiger charge is -2.47. The maximum Gasteiger partial charge on any atom is 0.259 e. The van der Waals surface area contributed by atoms with Crippen molar-refractivity contribution in [1.82, 2.24) is 14.4 Å². The molecule has 8 heteroatoms. The molecule has 0 radical (unpaired) electrons. The Morgan fingerprint density at radius 2 is 1.88 bits per heavy atom. The third kappa shape index (κ3) is 3.39. The summed E-state index contributed by atoms with van der Waals surface area (Å²) in [6.07, 6.45) is 3.10. The Morgan fingerprint density at radius 3 is 2.44 bits per heavy atom. The molecule has 2 amide bonds. The van der Waals surface area contributed by atoms with Crippen LogP contribution in [0.3, 0.4) is 0 Å². The van der Waals surface area contributed by atoms with E-state index in [-0.39, 0.29) is 23.3 Å². The van der Waals surface area contributed by atoms with Gasteiger partial charge in [-0.15, -0.1) is 0 Å². The number of methoxy groups -OCH3 is 1. The lowest BCUT2D eigenvalue weighted by molar-refractivity contribution is -0.123. The number of aryl methyl sites for hydroxylation is 1. The molecule has 25 heavy (non-hydrogen) atoms. The highest BCUT2D eigenvalue weighted by molar-refractivity contribution is 5.97. The van der Waals surface area contributed by atoms with E-state index in [4.69, 9.17) is 10.5 Å². The number of rotatable bonds is 4. The number of ether oxygens (including phenoxy) is 1. The minimum absolute atomic E-state index is 0.0241. The first-order valence-electron chi connectivity index (χ1n) is 8.48. The summed E-state index contributed by atoms with van der Waals surface area (Å²) in [5, 5.41) is 0. The summed E-state index contributed by atoms with van der Waals surface area (Å²) >= 11 is 0. The number of likely N-dealkylation sites (tertiary alicyclic amines) is 2. The van der Waals surface area contributed by atoms with E-state index < -0.39 is 0 Å². The van der Waals surface area contributed by atoms with Crippen LogP contribution >= 0.6 is 0 Å². The monoisotopic (exact) mass is 348 g/mol. The van der Waals surface area contributed by atoms with Crippen LogP contribution < -0.4 is 16.0 Å². The molecule has 2 fully saturated rings. The van der Waals surface area contributed by atoms with Gasteiger partial charge in [0.15, 0.2) is 0 Å². The Hall–Kier alpha value is -2.35. The molecule has 2 aliphatic rings. The van der Waals surface area contributed by atoms with Crippen molar-refractivity contribution in [1.29, 1.82) is 0 Å². The van der Waals surface area contributed by atoms with Crippen LogP contribution in [0, 0.1) is 5.92 Å². The third-order valence-corrected chi connectivity index (χ3v) is 5.24. The minimum Gasteiger partial charge on any atom is -0.496 e. The predicted molar refractivity (Wildman–Crippen MR) is 91.4 cm³/mol. The van der Waals surface area contributed by atoms with E-state index in [1.165, 1.54) is 23.9 Å². The van der Waals surface area contributed by atoms with E-state index in [9.17, 15) is 14.4 Å². The fraction of sp³-hybridized carbons (Fsp3) is 0.588. The summed E-state index contributed by atoms with van der Waals surface area (Å²) in [4.78, 5) is 39.7. The van der Waals surface area contributed by atoms with Gasteiger partial charge in [-0.3, -0.25) is 19.3 Å². The second-order valence-electron chi connectivity index (χ2n) is 6.78. The number of nitrogens with zero attached hydrogens (tertiary/aromatic N) is 3. The van der Waals surface area contributed by atoms with E-state index in [2.05, 4.69) is 4.90 Å². The number of carbonyl (C=O) groups is 2. The highest BCUT2D eigenvalue weighted by Gasteiger charge is 2.38. The SMILES string of the molecule is COc1cc(=O)n(C)cc1C(=O)N1CC(N2CCC(C(N)=O)CC2)C1. The maximum atomic E-state index is 12.7. The van der Waals surface area contributed by atoms with Crippen molar-refractivity contribution in [3.63, 3.8) is 0 Å². The largest absolute Gasteiger partial charge is 0.496 e. The number of hydrogen-bond acceptors (Lipinski definition) is 5. The zero-order valence-electron chi connectivity index (χ0n) is 14.6. The van der Waals surface area contributed by atoms with Gasteiger partial charge in [0, 0.05) is 44.4 Å². The zero-order valence-corrected chi connectivity index (χ0v) is 14.6. The van der Waals surface area contributed by atoms with Gasteiger partial charge in [0.1, 0.15) is 5.75 Å². The van der Waals surface area contributed by atoms with Gasteiger partial charge in [0.2, 0.25) is 5.91 Å². The van der Waals surface area contributed by atoms with Crippen molar-refractivity contribution < 1.29 is 14.3 Å². The van der Waals surface area contributed by atoms with Crippen molar-refractivity contribution in [2.45, 2.75) is 18.9 Å². The van der Waals surface area contributed by atoms with Gasteiger partial charge in [0.25, 0.3) is 11.5 Å². The molecule has 1 aromatic heterocycles. The highest BCUT2D eigenvalue weighted by atomic mass is 16.5. The van der Waals surface area contributed by atoms with Crippen molar-refractivity contribution in [2.24, 2.45) is 18.7 Å². The fourth-order valence-corrected chi connectivity index (χ4v) is 3.51. The normalized spacial score (nSPS) is 19.5. The summed E-state index contributed by atoms with van der Waals surface area (Å²) in [7, 11) is 3.06. The standard InChI is InChI=1S/C17H24N4O4/c1-19-10-13(14(25-2)7-15(19)22)17(24)21-8-12(9-21)20-5-3-11(4-6-20)16(18)23/h7,10-12H,3-6,8-9H2,1-2H3,(H2,18,23). The van der Waals surface area contributed by atoms with E-state index in [0.29, 0.717) is 30.4 Å². The van der Waals surface area contributed by atoms with Gasteiger partial charge in [-0.25, -0.2) is 0 Å². The number of primary amides is 1. The zero-order chi connectivity index (χ0) is 18.1. The Bertz CT molecular complexity index is 731. The molecule has 3 rings (SSSR count). The van der Waals surface area contributed by atoms with E-state index in [0.717, 1.165) is 25.9 Å². The molecule has 0 aliphatic carbocycles. The average molecular weight is 348 g/mol. The van der Waals surface area contributed by atoms with Gasteiger partial charge in [-0.2, -0.15) is 0 Å². The maximum absolute atomic E-state index is 12.7. The average Bonchev–Trinajstić information content (AvgIpc) is 2.55. The molecule has 2 N–H and O–H groups in total. The first kappa shape index (κ1) is 17.5. The second-order valence-corrected chi connectivity index (χ2v) is 6.78. The number of piperidine rings is 1. The molecule has 1 aromatic rings. The van der Waals surface area contributed by atoms with Crippen LogP contribution in [0.2, 0.25) is 0 Å².